The van der Waals surface area contributed by atoms with Crippen LogP contribution in [-0.4, -0.2) is 46.3 Å². The average molecular weight is 293 g/mol. The molecule has 0 spiro atoms. The van der Waals surface area contributed by atoms with Gasteiger partial charge in [0.05, 0.1) is 0 Å². The number of hydrogen-bond acceptors (Lipinski definition) is 3. The summed E-state index contributed by atoms with van der Waals surface area (Å²) in [5.41, 5.74) is 5.22. The molecule has 7 heteroatoms. The third-order valence-electron chi connectivity index (χ3n) is 3.70. The molecule has 1 unspecified atom stereocenters. The fraction of sp³-hybridized carbons (Fsp3) is 0.643. The van der Waals surface area contributed by atoms with Gasteiger partial charge in [-0.3, -0.25) is 9.48 Å². The van der Waals surface area contributed by atoms with E-state index < -0.39 is 0 Å². The van der Waals surface area contributed by atoms with Gasteiger partial charge in [0.15, 0.2) is 0 Å². The number of hydrogen-bond donors (Lipinski definition) is 2. The first-order valence-corrected chi connectivity index (χ1v) is 7.43. The quantitative estimate of drug-likeness (QED) is 0.751. The van der Waals surface area contributed by atoms with E-state index in [1.165, 1.54) is 0 Å². The first-order chi connectivity index (χ1) is 10.1. The van der Waals surface area contributed by atoms with Crippen LogP contribution in [0, 0.1) is 5.92 Å². The van der Waals surface area contributed by atoms with Gasteiger partial charge in [-0.15, -0.1) is 0 Å². The number of nitrogens with one attached hydrogen (secondary N) is 1. The molecule has 0 radical (unpaired) electrons. The fourth-order valence-electron chi connectivity index (χ4n) is 2.68. The van der Waals surface area contributed by atoms with E-state index in [0.717, 1.165) is 32.4 Å². The van der Waals surface area contributed by atoms with E-state index in [1.54, 1.807) is 11.1 Å². The molecule has 1 aliphatic heterocycles. The van der Waals surface area contributed by atoms with Gasteiger partial charge < -0.3 is 16.0 Å². The molecule has 3 amide bonds. The lowest BCUT2D eigenvalue weighted by Gasteiger charge is -2.32. The number of amides is 3. The minimum Gasteiger partial charge on any atom is -0.370 e. The van der Waals surface area contributed by atoms with E-state index in [9.17, 15) is 9.59 Å². The number of nitrogens with two attached hydrogens (primary N) is 1. The average Bonchev–Trinajstić information content (AvgIpc) is 2.96. The summed E-state index contributed by atoms with van der Waals surface area (Å²) in [5.74, 6) is -0.0902. The van der Waals surface area contributed by atoms with Crippen LogP contribution in [0.25, 0.3) is 0 Å². The Morgan fingerprint density at radius 3 is 3.00 bits per heavy atom. The van der Waals surface area contributed by atoms with Gasteiger partial charge in [-0.1, -0.05) is 0 Å². The largest absolute Gasteiger partial charge is 0.370 e. The molecule has 21 heavy (non-hydrogen) atoms. The van der Waals surface area contributed by atoms with Gasteiger partial charge in [0.25, 0.3) is 0 Å². The van der Waals surface area contributed by atoms with Gasteiger partial charge in [-0.05, 0) is 31.2 Å². The van der Waals surface area contributed by atoms with Crippen molar-refractivity contribution < 1.29 is 9.59 Å². The molecule has 1 atom stereocenters. The number of likely N-dealkylation sites (tertiary alicyclic amines) is 1. The monoisotopic (exact) mass is 293 g/mol. The van der Waals surface area contributed by atoms with Crippen molar-refractivity contribution in [1.29, 1.82) is 0 Å². The second-order valence-corrected chi connectivity index (χ2v) is 5.48. The molecule has 2 heterocycles. The minimum absolute atomic E-state index is 0.0513. The lowest BCUT2D eigenvalue weighted by molar-refractivity contribution is -0.119. The van der Waals surface area contributed by atoms with E-state index in [4.69, 9.17) is 5.73 Å². The fourth-order valence-corrected chi connectivity index (χ4v) is 2.68. The van der Waals surface area contributed by atoms with Crippen LogP contribution in [0.2, 0.25) is 0 Å². The summed E-state index contributed by atoms with van der Waals surface area (Å²) in [6.45, 7) is 2.78. The second kappa shape index (κ2) is 7.66. The van der Waals surface area contributed by atoms with Crippen molar-refractivity contribution in [1.82, 2.24) is 20.0 Å². The van der Waals surface area contributed by atoms with Gasteiger partial charge in [-0.25, -0.2) is 4.79 Å². The smallest absolute Gasteiger partial charge is 0.317 e. The molecule has 3 N–H and O–H groups in total. The molecule has 0 saturated carbocycles. The van der Waals surface area contributed by atoms with E-state index in [1.807, 2.05) is 16.9 Å². The molecular weight excluding hydrogens is 270 g/mol. The van der Waals surface area contributed by atoms with Crippen molar-refractivity contribution in [3.63, 3.8) is 0 Å². The van der Waals surface area contributed by atoms with Crippen molar-refractivity contribution in [3.05, 3.63) is 18.5 Å². The highest BCUT2D eigenvalue weighted by Gasteiger charge is 2.24. The SMILES string of the molecule is NC(=O)CC1CCCN(C(=O)NCCCn2cccn2)C1. The van der Waals surface area contributed by atoms with Crippen LogP contribution in [0.1, 0.15) is 25.7 Å². The third-order valence-corrected chi connectivity index (χ3v) is 3.70. The third kappa shape index (κ3) is 5.09. The zero-order valence-electron chi connectivity index (χ0n) is 12.2. The summed E-state index contributed by atoms with van der Waals surface area (Å²) in [6, 6.07) is 1.83. The normalized spacial score (nSPS) is 18.5. The predicted molar refractivity (Wildman–Crippen MR) is 78.4 cm³/mol. The van der Waals surface area contributed by atoms with E-state index in [-0.39, 0.29) is 17.9 Å². The molecule has 1 saturated heterocycles. The van der Waals surface area contributed by atoms with Crippen molar-refractivity contribution in [2.75, 3.05) is 19.6 Å². The van der Waals surface area contributed by atoms with Gasteiger partial charge in [0.2, 0.25) is 5.91 Å². The molecule has 0 aliphatic carbocycles. The maximum absolute atomic E-state index is 12.1. The predicted octanol–water partition coefficient (Wildman–Crippen LogP) is 0.570. The zero-order chi connectivity index (χ0) is 15.1. The van der Waals surface area contributed by atoms with Crippen molar-refractivity contribution in [2.24, 2.45) is 11.7 Å². The van der Waals surface area contributed by atoms with Crippen LogP contribution in [0.15, 0.2) is 18.5 Å². The van der Waals surface area contributed by atoms with Crippen LogP contribution < -0.4 is 11.1 Å². The molecule has 0 aromatic carbocycles. The number of carbonyl (C=O) groups excluding carboxylic acids is 2. The van der Waals surface area contributed by atoms with Crippen molar-refractivity contribution in [3.8, 4) is 0 Å². The van der Waals surface area contributed by atoms with Crippen molar-refractivity contribution in [2.45, 2.75) is 32.2 Å². The minimum atomic E-state index is -0.290. The highest BCUT2D eigenvalue weighted by atomic mass is 16.2. The Kier molecular flexibility index (Phi) is 5.59. The maximum Gasteiger partial charge on any atom is 0.317 e. The Labute approximate surface area is 124 Å². The van der Waals surface area contributed by atoms with Crippen LogP contribution in [0.3, 0.4) is 0 Å². The Hall–Kier alpha value is -2.05. The summed E-state index contributed by atoms with van der Waals surface area (Å²) in [6.07, 6.45) is 6.74. The topological polar surface area (TPSA) is 93.3 Å². The Balaban J connectivity index is 1.66. The highest BCUT2D eigenvalue weighted by molar-refractivity contribution is 5.75. The molecule has 0 bridgehead atoms. The number of aryl methyl sites for hydroxylation is 1. The standard InChI is InChI=1S/C14H23N5O2/c15-13(20)10-12-4-1-7-18(11-12)14(21)16-5-2-8-19-9-3-6-17-19/h3,6,9,12H,1-2,4-5,7-8,10-11H2,(H2,15,20)(H,16,21). The Morgan fingerprint density at radius 2 is 2.29 bits per heavy atom. The molecule has 1 aromatic rings. The number of nitrogens with zero attached hydrogens (tertiary/aromatic N) is 3. The molecule has 116 valence electrons. The van der Waals surface area contributed by atoms with Crippen molar-refractivity contribution >= 4 is 11.9 Å². The number of primary amides is 1. The molecule has 1 aliphatic rings. The van der Waals surface area contributed by atoms with Crippen LogP contribution in [0.5, 0.6) is 0 Å². The summed E-state index contributed by atoms with van der Waals surface area (Å²) < 4.78 is 1.84. The second-order valence-electron chi connectivity index (χ2n) is 5.48. The Morgan fingerprint density at radius 1 is 1.43 bits per heavy atom. The molecule has 1 aromatic heterocycles. The number of aromatic nitrogens is 2. The van der Waals surface area contributed by atoms with Gasteiger partial charge in [0, 0.05) is 45.0 Å². The first kappa shape index (κ1) is 15.3. The number of rotatable bonds is 6. The lowest BCUT2D eigenvalue weighted by Crippen LogP contribution is -2.46. The number of piperidine rings is 1. The summed E-state index contributed by atoms with van der Waals surface area (Å²) in [4.78, 5) is 24.8. The van der Waals surface area contributed by atoms with Crippen LogP contribution in [-0.2, 0) is 11.3 Å². The summed E-state index contributed by atoms with van der Waals surface area (Å²) in [5, 5.41) is 7.03. The maximum atomic E-state index is 12.1. The molecular formula is C14H23N5O2. The summed E-state index contributed by atoms with van der Waals surface area (Å²) in [7, 11) is 0. The van der Waals surface area contributed by atoms with E-state index in [0.29, 0.717) is 19.5 Å². The zero-order valence-corrected chi connectivity index (χ0v) is 12.2. The van der Waals surface area contributed by atoms with Crippen LogP contribution in [0.4, 0.5) is 4.79 Å². The van der Waals surface area contributed by atoms with E-state index in [2.05, 4.69) is 10.4 Å². The first-order valence-electron chi connectivity index (χ1n) is 7.43. The van der Waals surface area contributed by atoms with Gasteiger partial charge in [0.1, 0.15) is 0 Å². The number of carbonyl (C=O) groups is 2. The molecule has 1 fully saturated rings. The molecule has 7 nitrogen and oxygen atoms in total. The lowest BCUT2D eigenvalue weighted by atomic mass is 9.95. The van der Waals surface area contributed by atoms with Crippen LogP contribution >= 0.6 is 0 Å². The highest BCUT2D eigenvalue weighted by Crippen LogP contribution is 2.19. The Bertz CT molecular complexity index is 460. The van der Waals surface area contributed by atoms with Gasteiger partial charge in [-0.2, -0.15) is 5.10 Å². The van der Waals surface area contributed by atoms with E-state index >= 15 is 0 Å². The summed E-state index contributed by atoms with van der Waals surface area (Å²) >= 11 is 0. The van der Waals surface area contributed by atoms with Gasteiger partial charge >= 0.3 is 6.03 Å². The number of urea groups is 1. The molecule has 2 rings (SSSR count).